The maximum Gasteiger partial charge on any atom is 0.371 e. The topological polar surface area (TPSA) is 65.7 Å². The Morgan fingerprint density at radius 1 is 1.24 bits per heavy atom. The third-order valence-corrected chi connectivity index (χ3v) is 3.22. The van der Waals surface area contributed by atoms with Gasteiger partial charge in [-0.05, 0) is 37.2 Å². The number of furan rings is 1. The second-order valence-electron chi connectivity index (χ2n) is 4.86. The molecule has 0 saturated carbocycles. The number of hydrogen-bond donors (Lipinski definition) is 2. The average Bonchev–Trinajstić information content (AvgIpc) is 2.97. The van der Waals surface area contributed by atoms with Crippen LogP contribution >= 0.6 is 0 Å². The second kappa shape index (κ2) is 7.50. The summed E-state index contributed by atoms with van der Waals surface area (Å²) in [6.07, 6.45) is 0.998. The molecule has 21 heavy (non-hydrogen) atoms. The molecule has 0 bridgehead atoms. The molecule has 1 aromatic carbocycles. The van der Waals surface area contributed by atoms with Crippen LogP contribution in [-0.4, -0.2) is 31.2 Å². The molecule has 0 saturated heterocycles. The summed E-state index contributed by atoms with van der Waals surface area (Å²) in [5.74, 6) is -0.412. The fourth-order valence-electron chi connectivity index (χ4n) is 2.05. The Morgan fingerprint density at radius 3 is 2.67 bits per heavy atom. The quantitative estimate of drug-likeness (QED) is 0.731. The number of anilines is 1. The highest BCUT2D eigenvalue weighted by molar-refractivity contribution is 5.84. The van der Waals surface area contributed by atoms with E-state index in [4.69, 9.17) is 9.52 Å². The van der Waals surface area contributed by atoms with Crippen molar-refractivity contribution >= 4 is 11.7 Å². The van der Waals surface area contributed by atoms with Crippen LogP contribution in [0.2, 0.25) is 0 Å². The van der Waals surface area contributed by atoms with Crippen LogP contribution in [0.1, 0.15) is 22.7 Å². The largest absolute Gasteiger partial charge is 0.475 e. The summed E-state index contributed by atoms with van der Waals surface area (Å²) in [5.41, 5.74) is 1.20. The Hall–Kier alpha value is -2.27. The molecule has 0 aliphatic carbocycles. The molecular formula is C16H20N2O3. The number of benzene rings is 1. The van der Waals surface area contributed by atoms with Crippen LogP contribution in [0.15, 0.2) is 46.9 Å². The Morgan fingerprint density at radius 2 is 2.00 bits per heavy atom. The first kappa shape index (κ1) is 15.1. The molecular weight excluding hydrogens is 268 g/mol. The predicted octanol–water partition coefficient (Wildman–Crippen LogP) is 2.59. The van der Waals surface area contributed by atoms with Crippen molar-refractivity contribution in [3.8, 4) is 0 Å². The van der Waals surface area contributed by atoms with Gasteiger partial charge in [0.05, 0.1) is 6.54 Å². The average molecular weight is 288 g/mol. The lowest BCUT2D eigenvalue weighted by atomic mass is 10.3. The van der Waals surface area contributed by atoms with Gasteiger partial charge in [0, 0.05) is 19.3 Å². The van der Waals surface area contributed by atoms with Gasteiger partial charge in [-0.15, -0.1) is 0 Å². The van der Waals surface area contributed by atoms with E-state index >= 15 is 0 Å². The lowest BCUT2D eigenvalue weighted by molar-refractivity contribution is 0.0660. The van der Waals surface area contributed by atoms with Crippen LogP contribution in [-0.2, 0) is 6.54 Å². The monoisotopic (exact) mass is 288 g/mol. The molecule has 1 aromatic heterocycles. The van der Waals surface area contributed by atoms with Gasteiger partial charge in [0.1, 0.15) is 5.76 Å². The molecule has 112 valence electrons. The van der Waals surface area contributed by atoms with Gasteiger partial charge in [0.15, 0.2) is 0 Å². The van der Waals surface area contributed by atoms with Crippen molar-refractivity contribution in [2.45, 2.75) is 13.0 Å². The summed E-state index contributed by atoms with van der Waals surface area (Å²) < 4.78 is 5.17. The standard InChI is InChI=1S/C16H20N2O3/c1-18(13-6-3-2-4-7-13)11-5-10-17-12-14-8-9-15(21-14)16(19)20/h2-4,6-9,17H,5,10-12H2,1H3,(H,19,20). The SMILES string of the molecule is CN(CCCNCc1ccc(C(=O)O)o1)c1ccccc1. The minimum absolute atomic E-state index is 0.0180. The number of carboxylic acid groups (broad SMARTS) is 1. The number of nitrogens with one attached hydrogen (secondary N) is 1. The fraction of sp³-hybridized carbons (Fsp3) is 0.312. The van der Waals surface area contributed by atoms with Gasteiger partial charge in [0.2, 0.25) is 5.76 Å². The van der Waals surface area contributed by atoms with Crippen molar-refractivity contribution in [1.82, 2.24) is 5.32 Å². The molecule has 5 heteroatoms. The van der Waals surface area contributed by atoms with E-state index in [0.29, 0.717) is 12.3 Å². The van der Waals surface area contributed by atoms with E-state index in [2.05, 4.69) is 29.4 Å². The Balaban J connectivity index is 1.64. The molecule has 0 aliphatic heterocycles. The third-order valence-electron chi connectivity index (χ3n) is 3.22. The number of aromatic carboxylic acids is 1. The lowest BCUT2D eigenvalue weighted by Gasteiger charge is -2.19. The van der Waals surface area contributed by atoms with Gasteiger partial charge in [-0.25, -0.2) is 4.79 Å². The van der Waals surface area contributed by atoms with Crippen molar-refractivity contribution in [1.29, 1.82) is 0 Å². The minimum Gasteiger partial charge on any atom is -0.475 e. The number of rotatable bonds is 8. The summed E-state index contributed by atoms with van der Waals surface area (Å²) in [7, 11) is 2.07. The molecule has 0 spiro atoms. The normalized spacial score (nSPS) is 10.5. The van der Waals surface area contributed by atoms with Gasteiger partial charge in [0.25, 0.3) is 0 Å². The Kier molecular flexibility index (Phi) is 5.40. The number of carboxylic acids is 1. The number of hydrogen-bond acceptors (Lipinski definition) is 4. The summed E-state index contributed by atoms with van der Waals surface area (Å²) in [6, 6.07) is 13.4. The van der Waals surface area contributed by atoms with Crippen LogP contribution < -0.4 is 10.2 Å². The zero-order chi connectivity index (χ0) is 15.1. The molecule has 5 nitrogen and oxygen atoms in total. The van der Waals surface area contributed by atoms with Crippen LogP contribution in [0.3, 0.4) is 0 Å². The highest BCUT2D eigenvalue weighted by Crippen LogP contribution is 2.11. The predicted molar refractivity (Wildman–Crippen MR) is 81.7 cm³/mol. The number of nitrogens with zero attached hydrogens (tertiary/aromatic N) is 1. The van der Waals surface area contributed by atoms with Crippen molar-refractivity contribution in [2.24, 2.45) is 0 Å². The summed E-state index contributed by atoms with van der Waals surface area (Å²) in [5, 5.41) is 12.0. The lowest BCUT2D eigenvalue weighted by Crippen LogP contribution is -2.23. The van der Waals surface area contributed by atoms with E-state index in [0.717, 1.165) is 19.5 Å². The molecule has 0 aliphatic rings. The summed E-state index contributed by atoms with van der Waals surface area (Å²) >= 11 is 0. The smallest absolute Gasteiger partial charge is 0.371 e. The third kappa shape index (κ3) is 4.65. The molecule has 2 N–H and O–H groups in total. The Bertz CT molecular complexity index is 566. The van der Waals surface area contributed by atoms with E-state index in [-0.39, 0.29) is 5.76 Å². The summed E-state index contributed by atoms with van der Waals surface area (Å²) in [6.45, 7) is 2.35. The van der Waals surface area contributed by atoms with Crippen molar-refractivity contribution in [3.63, 3.8) is 0 Å². The molecule has 0 fully saturated rings. The van der Waals surface area contributed by atoms with Crippen molar-refractivity contribution in [3.05, 3.63) is 54.0 Å². The first-order valence-corrected chi connectivity index (χ1v) is 6.96. The second-order valence-corrected chi connectivity index (χ2v) is 4.86. The zero-order valence-corrected chi connectivity index (χ0v) is 12.1. The van der Waals surface area contributed by atoms with E-state index in [1.54, 1.807) is 6.07 Å². The van der Waals surface area contributed by atoms with Gasteiger partial charge < -0.3 is 19.7 Å². The molecule has 0 atom stereocenters. The van der Waals surface area contributed by atoms with E-state index < -0.39 is 5.97 Å². The van der Waals surface area contributed by atoms with Crippen LogP contribution in [0, 0.1) is 0 Å². The molecule has 1 heterocycles. The molecule has 2 rings (SSSR count). The van der Waals surface area contributed by atoms with Crippen molar-refractivity contribution < 1.29 is 14.3 Å². The fourth-order valence-corrected chi connectivity index (χ4v) is 2.05. The molecule has 2 aromatic rings. The highest BCUT2D eigenvalue weighted by atomic mass is 16.4. The minimum atomic E-state index is -1.04. The van der Waals surface area contributed by atoms with Crippen molar-refractivity contribution in [2.75, 3.05) is 25.0 Å². The Labute approximate surface area is 124 Å². The van der Waals surface area contributed by atoms with E-state index in [9.17, 15) is 4.79 Å². The van der Waals surface area contributed by atoms with Gasteiger partial charge >= 0.3 is 5.97 Å². The van der Waals surface area contributed by atoms with E-state index in [1.807, 2.05) is 18.2 Å². The van der Waals surface area contributed by atoms with Crippen LogP contribution in [0.5, 0.6) is 0 Å². The van der Waals surface area contributed by atoms with Crippen LogP contribution in [0.25, 0.3) is 0 Å². The molecule has 0 unspecified atom stereocenters. The number of carbonyl (C=O) groups is 1. The maximum absolute atomic E-state index is 10.7. The van der Waals surface area contributed by atoms with E-state index in [1.165, 1.54) is 11.8 Å². The molecule has 0 amide bonds. The summed E-state index contributed by atoms with van der Waals surface area (Å²) in [4.78, 5) is 12.9. The molecule has 0 radical (unpaired) electrons. The first-order chi connectivity index (χ1) is 10.2. The maximum atomic E-state index is 10.7. The highest BCUT2D eigenvalue weighted by Gasteiger charge is 2.08. The first-order valence-electron chi connectivity index (χ1n) is 6.96. The zero-order valence-electron chi connectivity index (χ0n) is 12.1. The number of para-hydroxylation sites is 1. The van der Waals surface area contributed by atoms with Crippen LogP contribution in [0.4, 0.5) is 5.69 Å². The van der Waals surface area contributed by atoms with Gasteiger partial charge in [-0.1, -0.05) is 18.2 Å². The van der Waals surface area contributed by atoms with Gasteiger partial charge in [-0.3, -0.25) is 0 Å². The van der Waals surface area contributed by atoms with Gasteiger partial charge in [-0.2, -0.15) is 0 Å².